The van der Waals surface area contributed by atoms with Gasteiger partial charge < -0.3 is 15.5 Å². The summed E-state index contributed by atoms with van der Waals surface area (Å²) in [5.41, 5.74) is 7.67. The van der Waals surface area contributed by atoms with E-state index >= 15 is 0 Å². The topological polar surface area (TPSA) is 76.8 Å². The highest BCUT2D eigenvalue weighted by Crippen LogP contribution is 2.30. The van der Waals surface area contributed by atoms with Crippen LogP contribution in [0.4, 0.5) is 14.5 Å². The largest absolute Gasteiger partial charge is 0.455 e. The van der Waals surface area contributed by atoms with Crippen LogP contribution < -0.4 is 10.5 Å². The molecule has 0 aliphatic carbocycles. The summed E-state index contributed by atoms with van der Waals surface area (Å²) in [6, 6.07) is 12.2. The summed E-state index contributed by atoms with van der Waals surface area (Å²) in [4.78, 5) is 11.5. The number of imidazole rings is 1. The number of halogens is 2. The van der Waals surface area contributed by atoms with E-state index in [0.29, 0.717) is 39.7 Å². The number of nitrogens with two attached hydrogens (primary N) is 1. The normalized spacial score (nSPS) is 11.0. The first-order valence-electron chi connectivity index (χ1n) is 7.44. The van der Waals surface area contributed by atoms with Crippen molar-refractivity contribution < 1.29 is 13.5 Å². The molecule has 5 nitrogen and oxygen atoms in total. The SMILES string of the molecule is Nc1ccc(Oc2ccnc3nc(-c4ccc(F)c(F)c4)[nH]c23)cc1. The van der Waals surface area contributed by atoms with E-state index < -0.39 is 11.6 Å². The Morgan fingerprint density at radius 3 is 2.52 bits per heavy atom. The van der Waals surface area contributed by atoms with Gasteiger partial charge in [-0.05, 0) is 42.5 Å². The number of nitrogens with one attached hydrogen (secondary N) is 1. The lowest BCUT2D eigenvalue weighted by Gasteiger charge is -2.06. The van der Waals surface area contributed by atoms with E-state index in [2.05, 4.69) is 15.0 Å². The number of pyridine rings is 1. The third-order valence-corrected chi connectivity index (χ3v) is 3.65. The van der Waals surface area contributed by atoms with Gasteiger partial charge in [0.05, 0.1) is 0 Å². The maximum absolute atomic E-state index is 13.5. The highest BCUT2D eigenvalue weighted by atomic mass is 19.2. The number of aromatic nitrogens is 3. The van der Waals surface area contributed by atoms with Crippen molar-refractivity contribution in [1.82, 2.24) is 15.0 Å². The maximum Gasteiger partial charge on any atom is 0.181 e. The molecule has 0 saturated carbocycles. The van der Waals surface area contributed by atoms with Gasteiger partial charge in [-0.15, -0.1) is 0 Å². The molecule has 0 radical (unpaired) electrons. The number of hydrogen-bond acceptors (Lipinski definition) is 4. The third-order valence-electron chi connectivity index (χ3n) is 3.65. The molecular weight excluding hydrogens is 326 g/mol. The van der Waals surface area contributed by atoms with E-state index in [1.807, 2.05) is 0 Å². The molecule has 0 spiro atoms. The fourth-order valence-electron chi connectivity index (χ4n) is 2.42. The fourth-order valence-corrected chi connectivity index (χ4v) is 2.42. The number of anilines is 1. The van der Waals surface area contributed by atoms with Crippen molar-refractivity contribution >= 4 is 16.9 Å². The highest BCUT2D eigenvalue weighted by molar-refractivity contribution is 5.81. The van der Waals surface area contributed by atoms with Crippen LogP contribution in [-0.2, 0) is 0 Å². The molecule has 0 bridgehead atoms. The van der Waals surface area contributed by atoms with Crippen LogP contribution in [0, 0.1) is 11.6 Å². The van der Waals surface area contributed by atoms with Crippen LogP contribution >= 0.6 is 0 Å². The molecule has 0 aliphatic heterocycles. The van der Waals surface area contributed by atoms with Crippen molar-refractivity contribution in [2.45, 2.75) is 0 Å². The number of aromatic amines is 1. The first-order valence-corrected chi connectivity index (χ1v) is 7.44. The van der Waals surface area contributed by atoms with Crippen molar-refractivity contribution in [1.29, 1.82) is 0 Å². The lowest BCUT2D eigenvalue weighted by molar-refractivity contribution is 0.487. The van der Waals surface area contributed by atoms with E-state index in [1.54, 1.807) is 36.5 Å². The third kappa shape index (κ3) is 2.87. The van der Waals surface area contributed by atoms with Crippen LogP contribution in [0.3, 0.4) is 0 Å². The summed E-state index contributed by atoms with van der Waals surface area (Å²) in [6.45, 7) is 0. The Morgan fingerprint density at radius 1 is 0.960 bits per heavy atom. The Balaban J connectivity index is 1.75. The van der Waals surface area contributed by atoms with Crippen LogP contribution in [0.5, 0.6) is 11.5 Å². The van der Waals surface area contributed by atoms with Crippen LogP contribution in [-0.4, -0.2) is 15.0 Å². The summed E-state index contributed by atoms with van der Waals surface area (Å²) in [7, 11) is 0. The second kappa shape index (κ2) is 5.86. The van der Waals surface area contributed by atoms with Gasteiger partial charge >= 0.3 is 0 Å². The van der Waals surface area contributed by atoms with Crippen LogP contribution in [0.15, 0.2) is 54.7 Å². The summed E-state index contributed by atoms with van der Waals surface area (Å²) in [5.74, 6) is -0.369. The molecule has 2 aromatic heterocycles. The minimum atomic E-state index is -0.940. The second-order valence-electron chi connectivity index (χ2n) is 5.39. The summed E-state index contributed by atoms with van der Waals surface area (Å²) in [5, 5.41) is 0. The zero-order valence-corrected chi connectivity index (χ0v) is 12.8. The second-order valence-corrected chi connectivity index (χ2v) is 5.39. The van der Waals surface area contributed by atoms with E-state index in [1.165, 1.54) is 6.07 Å². The summed E-state index contributed by atoms with van der Waals surface area (Å²) >= 11 is 0. The summed E-state index contributed by atoms with van der Waals surface area (Å²) in [6.07, 6.45) is 1.56. The predicted octanol–water partition coefficient (Wildman–Crippen LogP) is 4.28. The predicted molar refractivity (Wildman–Crippen MR) is 90.2 cm³/mol. The van der Waals surface area contributed by atoms with Gasteiger partial charge in [-0.1, -0.05) is 0 Å². The van der Waals surface area contributed by atoms with E-state index in [4.69, 9.17) is 10.5 Å². The zero-order valence-electron chi connectivity index (χ0n) is 12.8. The number of nitrogens with zero attached hydrogens (tertiary/aromatic N) is 2. The number of benzene rings is 2. The minimum Gasteiger partial charge on any atom is -0.455 e. The van der Waals surface area contributed by atoms with Gasteiger partial charge in [0, 0.05) is 23.5 Å². The zero-order chi connectivity index (χ0) is 17.4. The average molecular weight is 338 g/mol. The average Bonchev–Trinajstić information content (AvgIpc) is 3.05. The maximum atomic E-state index is 13.5. The number of H-pyrrole nitrogens is 1. The van der Waals surface area contributed by atoms with Gasteiger partial charge in [-0.3, -0.25) is 0 Å². The van der Waals surface area contributed by atoms with Crippen LogP contribution in [0.1, 0.15) is 0 Å². The molecule has 0 saturated heterocycles. The molecular formula is C18H12F2N4O. The van der Waals surface area contributed by atoms with Crippen molar-refractivity contribution in [3.05, 3.63) is 66.4 Å². The Morgan fingerprint density at radius 2 is 1.76 bits per heavy atom. The smallest absolute Gasteiger partial charge is 0.181 e. The standard InChI is InChI=1S/C18H12F2N4O/c19-13-6-1-10(9-14(13)20)17-23-16-15(7-8-22-18(16)24-17)25-12-4-2-11(21)3-5-12/h1-9H,21H2,(H,22,23,24). The van der Waals surface area contributed by atoms with Crippen molar-refractivity contribution in [3.63, 3.8) is 0 Å². The van der Waals surface area contributed by atoms with Gasteiger partial charge in [0.1, 0.15) is 17.1 Å². The minimum absolute atomic E-state index is 0.370. The molecule has 25 heavy (non-hydrogen) atoms. The first-order chi connectivity index (χ1) is 12.1. The molecule has 124 valence electrons. The molecule has 0 aliphatic rings. The molecule has 0 unspecified atom stereocenters. The quantitative estimate of drug-likeness (QED) is 0.547. The molecule has 0 atom stereocenters. The Labute approximate surface area is 141 Å². The van der Waals surface area contributed by atoms with Gasteiger partial charge in [0.2, 0.25) is 0 Å². The molecule has 0 fully saturated rings. The number of fused-ring (bicyclic) bond motifs is 1. The molecule has 4 aromatic rings. The Bertz CT molecular complexity index is 1060. The lowest BCUT2D eigenvalue weighted by atomic mass is 10.2. The van der Waals surface area contributed by atoms with Crippen molar-refractivity contribution in [3.8, 4) is 22.9 Å². The summed E-state index contributed by atoms with van der Waals surface area (Å²) < 4.78 is 32.4. The van der Waals surface area contributed by atoms with E-state index in [0.717, 1.165) is 12.1 Å². The number of ether oxygens (including phenoxy) is 1. The molecule has 2 aromatic carbocycles. The van der Waals surface area contributed by atoms with Crippen LogP contribution in [0.25, 0.3) is 22.6 Å². The molecule has 2 heterocycles. The highest BCUT2D eigenvalue weighted by Gasteiger charge is 2.13. The fraction of sp³-hybridized carbons (Fsp3) is 0. The van der Waals surface area contributed by atoms with Gasteiger partial charge in [0.15, 0.2) is 23.0 Å². The molecule has 4 rings (SSSR count). The Kier molecular flexibility index (Phi) is 3.53. The van der Waals surface area contributed by atoms with E-state index in [-0.39, 0.29) is 0 Å². The molecule has 0 amide bonds. The molecule has 7 heteroatoms. The van der Waals surface area contributed by atoms with Gasteiger partial charge in [0.25, 0.3) is 0 Å². The lowest BCUT2D eigenvalue weighted by Crippen LogP contribution is -1.88. The number of rotatable bonds is 3. The number of nitrogen functional groups attached to an aromatic ring is 1. The van der Waals surface area contributed by atoms with Crippen LogP contribution in [0.2, 0.25) is 0 Å². The first kappa shape index (κ1) is 15.1. The van der Waals surface area contributed by atoms with Gasteiger partial charge in [-0.2, -0.15) is 0 Å². The van der Waals surface area contributed by atoms with Crippen molar-refractivity contribution in [2.75, 3.05) is 5.73 Å². The molecule has 3 N–H and O–H groups in total. The van der Waals surface area contributed by atoms with Gasteiger partial charge in [-0.25, -0.2) is 18.7 Å². The van der Waals surface area contributed by atoms with E-state index in [9.17, 15) is 8.78 Å². The number of hydrogen-bond donors (Lipinski definition) is 2. The van der Waals surface area contributed by atoms with Crippen molar-refractivity contribution in [2.24, 2.45) is 0 Å². The monoisotopic (exact) mass is 338 g/mol. The Hall–Kier alpha value is -3.48.